The summed E-state index contributed by atoms with van der Waals surface area (Å²) in [6, 6.07) is 0. The smallest absolute Gasteiger partial charge is 0.335 e. The summed E-state index contributed by atoms with van der Waals surface area (Å²) in [5.74, 6) is -0.251. The van der Waals surface area contributed by atoms with Gasteiger partial charge in [-0.3, -0.25) is 0 Å². The minimum Gasteiger partial charge on any atom is -0.466 e. The van der Waals surface area contributed by atoms with E-state index in [4.69, 9.17) is 4.74 Å². The summed E-state index contributed by atoms with van der Waals surface area (Å²) in [4.78, 5) is 11.4. The van der Waals surface area contributed by atoms with Gasteiger partial charge in [0.1, 0.15) is 0 Å². The molecule has 1 heterocycles. The van der Waals surface area contributed by atoms with Gasteiger partial charge in [0, 0.05) is 42.4 Å². The highest BCUT2D eigenvalue weighted by Gasteiger charge is 2.24. The maximum absolute atomic E-state index is 11.4. The molecule has 0 N–H and O–H groups in total. The van der Waals surface area contributed by atoms with E-state index in [-0.39, 0.29) is 5.97 Å². The van der Waals surface area contributed by atoms with E-state index < -0.39 is 0 Å². The zero-order valence-corrected chi connectivity index (χ0v) is 11.1. The lowest BCUT2D eigenvalue weighted by Gasteiger charge is -2.29. The Bertz CT molecular complexity index is 301. The zero-order valence-electron chi connectivity index (χ0n) is 8.17. The molecule has 0 spiro atoms. The fourth-order valence-electron chi connectivity index (χ4n) is 1.33. The van der Waals surface area contributed by atoms with Gasteiger partial charge < -0.3 is 9.04 Å². The second-order valence-electron chi connectivity index (χ2n) is 3.09. The maximum Gasteiger partial charge on any atom is 0.335 e. The summed E-state index contributed by atoms with van der Waals surface area (Å²) in [6.45, 7) is 6.65. The van der Waals surface area contributed by atoms with Gasteiger partial charge in [0.15, 0.2) is 0 Å². The fraction of sp³-hybridized carbons (Fsp3) is 0.444. The molecule has 78 valence electrons. The molecule has 0 saturated heterocycles. The molecule has 0 atom stereocenters. The van der Waals surface area contributed by atoms with E-state index in [0.29, 0.717) is 12.0 Å². The van der Waals surface area contributed by atoms with Crippen molar-refractivity contribution in [2.75, 3.05) is 13.7 Å². The van der Waals surface area contributed by atoms with Crippen molar-refractivity contribution in [2.24, 2.45) is 0 Å². The molecule has 0 bridgehead atoms. The third-order valence-corrected chi connectivity index (χ3v) is 4.12. The predicted octanol–water partition coefficient (Wildman–Crippen LogP) is 2.69. The van der Waals surface area contributed by atoms with Crippen molar-refractivity contribution in [1.29, 1.82) is 0 Å². The van der Waals surface area contributed by atoms with Gasteiger partial charge in [-0.05, 0) is 6.92 Å². The molecule has 0 saturated carbocycles. The minimum atomic E-state index is -0.251. The van der Waals surface area contributed by atoms with Crippen LogP contribution in [0, 0.1) is 0 Å². The van der Waals surface area contributed by atoms with Gasteiger partial charge in [0.25, 0.3) is 0 Å². The first-order valence-corrected chi connectivity index (χ1v) is 7.42. The quantitative estimate of drug-likeness (QED) is 0.338. The predicted molar refractivity (Wildman–Crippen MR) is 66.8 cm³/mol. The van der Waals surface area contributed by atoms with Crippen LogP contribution in [-0.2, 0) is 9.53 Å². The zero-order chi connectivity index (χ0) is 10.7. The molecular formula is C9H12INO2S. The van der Waals surface area contributed by atoms with Crippen molar-refractivity contribution in [2.45, 2.75) is 13.3 Å². The van der Waals surface area contributed by atoms with E-state index >= 15 is 0 Å². The molecule has 0 amide bonds. The van der Waals surface area contributed by atoms with E-state index in [0.717, 1.165) is 17.8 Å². The van der Waals surface area contributed by atoms with Crippen LogP contribution in [0.15, 0.2) is 23.4 Å². The average molecular weight is 325 g/mol. The first kappa shape index (κ1) is 11.9. The van der Waals surface area contributed by atoms with E-state index in [1.54, 1.807) is 9.12 Å². The highest BCUT2D eigenvalue weighted by Crippen LogP contribution is 2.33. The topological polar surface area (TPSA) is 29.5 Å². The van der Waals surface area contributed by atoms with E-state index in [9.17, 15) is 4.79 Å². The van der Waals surface area contributed by atoms with Gasteiger partial charge >= 0.3 is 5.97 Å². The molecule has 1 aliphatic heterocycles. The Hall–Kier alpha value is -0.170. The van der Waals surface area contributed by atoms with E-state index in [2.05, 4.69) is 27.8 Å². The summed E-state index contributed by atoms with van der Waals surface area (Å²) in [5, 5.41) is 0. The SMILES string of the molecule is C=C1CC(C(=O)OC)=C(C)N(SI)C1. The molecule has 3 nitrogen and oxygen atoms in total. The number of allylic oxidation sites excluding steroid dienone is 1. The normalized spacial score (nSPS) is 17.4. The Balaban J connectivity index is 2.98. The third-order valence-electron chi connectivity index (χ3n) is 2.12. The van der Waals surface area contributed by atoms with Crippen LogP contribution < -0.4 is 0 Å². The first-order chi connectivity index (χ1) is 6.60. The van der Waals surface area contributed by atoms with Crippen LogP contribution in [0.3, 0.4) is 0 Å². The van der Waals surface area contributed by atoms with Crippen molar-refractivity contribution in [3.05, 3.63) is 23.4 Å². The van der Waals surface area contributed by atoms with Crippen molar-refractivity contribution >= 4 is 36.3 Å². The van der Waals surface area contributed by atoms with Gasteiger partial charge in [-0.15, -0.1) is 0 Å². The summed E-state index contributed by atoms with van der Waals surface area (Å²) < 4.78 is 6.77. The fourth-order valence-corrected chi connectivity index (χ4v) is 3.07. The second-order valence-corrected chi connectivity index (χ2v) is 4.85. The Morgan fingerprint density at radius 3 is 2.86 bits per heavy atom. The molecule has 0 aromatic rings. The summed E-state index contributed by atoms with van der Waals surface area (Å²) in [6.07, 6.45) is 0.631. The van der Waals surface area contributed by atoms with Crippen molar-refractivity contribution in [1.82, 2.24) is 4.31 Å². The summed E-state index contributed by atoms with van der Waals surface area (Å²) >= 11 is 2.19. The van der Waals surface area contributed by atoms with E-state index in [1.807, 2.05) is 11.2 Å². The maximum atomic E-state index is 11.4. The van der Waals surface area contributed by atoms with Gasteiger partial charge in [-0.1, -0.05) is 12.2 Å². The number of carbonyl (C=O) groups excluding carboxylic acids is 1. The number of nitrogens with zero attached hydrogens (tertiary/aromatic N) is 1. The summed E-state index contributed by atoms with van der Waals surface area (Å²) in [7, 11) is 2.97. The largest absolute Gasteiger partial charge is 0.466 e. The van der Waals surface area contributed by atoms with Gasteiger partial charge in [-0.2, -0.15) is 0 Å². The number of carbonyl (C=O) groups is 1. The highest BCUT2D eigenvalue weighted by atomic mass is 127. The Morgan fingerprint density at radius 2 is 2.36 bits per heavy atom. The average Bonchev–Trinajstić information content (AvgIpc) is 2.19. The van der Waals surface area contributed by atoms with Crippen LogP contribution in [0.2, 0.25) is 0 Å². The van der Waals surface area contributed by atoms with Crippen molar-refractivity contribution in [3.8, 4) is 0 Å². The lowest BCUT2D eigenvalue weighted by Crippen LogP contribution is -2.25. The highest BCUT2D eigenvalue weighted by molar-refractivity contribution is 14.2. The number of esters is 1. The molecule has 0 fully saturated rings. The van der Waals surface area contributed by atoms with E-state index in [1.165, 1.54) is 7.11 Å². The van der Waals surface area contributed by atoms with Crippen LogP contribution >= 0.6 is 30.3 Å². The molecule has 0 radical (unpaired) electrons. The Morgan fingerprint density at radius 1 is 1.71 bits per heavy atom. The van der Waals surface area contributed by atoms with Crippen LogP contribution in [0.25, 0.3) is 0 Å². The number of ether oxygens (including phenoxy) is 1. The number of methoxy groups -OCH3 is 1. The molecular weight excluding hydrogens is 313 g/mol. The lowest BCUT2D eigenvalue weighted by atomic mass is 10.0. The molecule has 5 heteroatoms. The molecule has 1 aliphatic rings. The Kier molecular flexibility index (Phi) is 4.31. The molecule has 0 unspecified atom stereocenters. The van der Waals surface area contributed by atoms with Crippen LogP contribution in [0.4, 0.5) is 0 Å². The minimum absolute atomic E-state index is 0.251. The molecule has 14 heavy (non-hydrogen) atoms. The molecule has 0 aromatic carbocycles. The van der Waals surface area contributed by atoms with Crippen LogP contribution in [0.5, 0.6) is 0 Å². The number of rotatable bonds is 2. The van der Waals surface area contributed by atoms with Crippen LogP contribution in [0.1, 0.15) is 13.3 Å². The summed E-state index contributed by atoms with van der Waals surface area (Å²) in [5.41, 5.74) is 2.73. The van der Waals surface area contributed by atoms with Gasteiger partial charge in [-0.25, -0.2) is 4.79 Å². The third kappa shape index (κ3) is 2.44. The second kappa shape index (κ2) is 5.06. The molecule has 1 rings (SSSR count). The number of halogens is 1. The number of hydrogen-bond donors (Lipinski definition) is 0. The molecule has 0 aromatic heterocycles. The van der Waals surface area contributed by atoms with Crippen LogP contribution in [-0.4, -0.2) is 23.9 Å². The standard InChI is InChI=1S/C9H12INO2S/c1-6-4-8(9(12)13-3)7(2)11(5-6)14-10/h1,4-5H2,2-3H3. The van der Waals surface area contributed by atoms with Crippen molar-refractivity contribution in [3.63, 3.8) is 0 Å². The Labute approximate surface area is 100 Å². The van der Waals surface area contributed by atoms with Gasteiger partial charge in [0.05, 0.1) is 19.2 Å². The molecule has 0 aliphatic carbocycles. The lowest BCUT2D eigenvalue weighted by molar-refractivity contribution is -0.136. The van der Waals surface area contributed by atoms with Crippen molar-refractivity contribution < 1.29 is 9.53 Å². The monoisotopic (exact) mass is 325 g/mol. The number of hydrogen-bond acceptors (Lipinski definition) is 4. The first-order valence-electron chi connectivity index (χ1n) is 4.11. The van der Waals surface area contributed by atoms with Gasteiger partial charge in [0.2, 0.25) is 0 Å².